The first-order valence-electron chi connectivity index (χ1n) is 6.73. The van der Waals surface area contributed by atoms with Gasteiger partial charge >= 0.3 is 0 Å². The van der Waals surface area contributed by atoms with Gasteiger partial charge in [-0.15, -0.1) is 11.3 Å². The Hall–Kier alpha value is -0.640. The summed E-state index contributed by atoms with van der Waals surface area (Å²) in [5.41, 5.74) is 3.08. The lowest BCUT2D eigenvalue weighted by molar-refractivity contribution is 0.385. The fourth-order valence-electron chi connectivity index (χ4n) is 3.06. The number of hydrogen-bond acceptors (Lipinski definition) is 2. The zero-order chi connectivity index (χ0) is 13.2. The fourth-order valence-corrected chi connectivity index (χ4v) is 4.57. The van der Waals surface area contributed by atoms with Crippen LogP contribution in [0.3, 0.4) is 0 Å². The highest BCUT2D eigenvalue weighted by Crippen LogP contribution is 2.31. The molecule has 2 aromatic rings. The summed E-state index contributed by atoms with van der Waals surface area (Å²) in [5.74, 6) is 0.725. The molecule has 3 heteroatoms. The molecule has 0 saturated carbocycles. The highest BCUT2D eigenvalue weighted by atomic mass is 79.9. The molecular formula is C16H18BrNS. The Morgan fingerprint density at radius 2 is 2.00 bits per heavy atom. The SMILES string of the molecule is CNC(Cc1cc(Br)cs1)C1Cc2ccccc2C1. The molecule has 0 saturated heterocycles. The zero-order valence-corrected chi connectivity index (χ0v) is 13.4. The van der Waals surface area contributed by atoms with E-state index in [1.54, 1.807) is 11.1 Å². The van der Waals surface area contributed by atoms with Gasteiger partial charge in [-0.2, -0.15) is 0 Å². The maximum atomic E-state index is 3.54. The molecule has 100 valence electrons. The summed E-state index contributed by atoms with van der Waals surface area (Å²) in [5, 5.41) is 5.70. The van der Waals surface area contributed by atoms with Crippen molar-refractivity contribution in [2.75, 3.05) is 7.05 Å². The molecule has 1 nitrogen and oxygen atoms in total. The second kappa shape index (κ2) is 5.78. The van der Waals surface area contributed by atoms with Gasteiger partial charge in [-0.25, -0.2) is 0 Å². The Balaban J connectivity index is 1.71. The van der Waals surface area contributed by atoms with Crippen LogP contribution in [0.1, 0.15) is 16.0 Å². The molecule has 19 heavy (non-hydrogen) atoms. The summed E-state index contributed by atoms with van der Waals surface area (Å²) >= 11 is 5.39. The molecule has 0 radical (unpaired) electrons. The number of fused-ring (bicyclic) bond motifs is 1. The van der Waals surface area contributed by atoms with Crippen molar-refractivity contribution in [2.24, 2.45) is 5.92 Å². The normalized spacial score (nSPS) is 16.5. The first-order valence-corrected chi connectivity index (χ1v) is 8.40. The molecule has 1 aromatic heterocycles. The monoisotopic (exact) mass is 335 g/mol. The predicted octanol–water partition coefficient (Wildman–Crippen LogP) is 4.06. The molecule has 1 unspecified atom stereocenters. The second-order valence-electron chi connectivity index (χ2n) is 5.27. The molecule has 1 N–H and O–H groups in total. The fraction of sp³-hybridized carbons (Fsp3) is 0.375. The highest BCUT2D eigenvalue weighted by Gasteiger charge is 2.27. The molecule has 0 bridgehead atoms. The van der Waals surface area contributed by atoms with Crippen molar-refractivity contribution in [1.29, 1.82) is 0 Å². The molecule has 1 aromatic carbocycles. The lowest BCUT2D eigenvalue weighted by atomic mass is 9.93. The molecule has 3 rings (SSSR count). The second-order valence-corrected chi connectivity index (χ2v) is 7.18. The van der Waals surface area contributed by atoms with E-state index in [0.717, 1.165) is 12.3 Å². The van der Waals surface area contributed by atoms with E-state index in [0.29, 0.717) is 6.04 Å². The number of halogens is 1. The van der Waals surface area contributed by atoms with Crippen molar-refractivity contribution in [3.63, 3.8) is 0 Å². The van der Waals surface area contributed by atoms with Gasteiger partial charge in [0.1, 0.15) is 0 Å². The van der Waals surface area contributed by atoms with E-state index in [-0.39, 0.29) is 0 Å². The molecule has 1 heterocycles. The van der Waals surface area contributed by atoms with Crippen LogP contribution in [0.2, 0.25) is 0 Å². The van der Waals surface area contributed by atoms with E-state index in [1.165, 1.54) is 22.2 Å². The van der Waals surface area contributed by atoms with Gasteiger partial charge in [-0.1, -0.05) is 24.3 Å². The average Bonchev–Trinajstić information content (AvgIpc) is 3.01. The van der Waals surface area contributed by atoms with E-state index < -0.39 is 0 Å². The number of nitrogens with one attached hydrogen (secondary N) is 1. The third kappa shape index (κ3) is 2.93. The number of hydrogen-bond donors (Lipinski definition) is 1. The van der Waals surface area contributed by atoms with E-state index in [2.05, 4.69) is 64.0 Å². The minimum Gasteiger partial charge on any atom is -0.316 e. The predicted molar refractivity (Wildman–Crippen MR) is 85.9 cm³/mol. The van der Waals surface area contributed by atoms with Crippen LogP contribution < -0.4 is 5.32 Å². The van der Waals surface area contributed by atoms with Crippen molar-refractivity contribution in [1.82, 2.24) is 5.32 Å². The van der Waals surface area contributed by atoms with Crippen molar-refractivity contribution < 1.29 is 0 Å². The average molecular weight is 336 g/mol. The molecule has 0 fully saturated rings. The largest absolute Gasteiger partial charge is 0.316 e. The van der Waals surface area contributed by atoms with Gasteiger partial charge in [0.05, 0.1) is 0 Å². The summed E-state index contributed by atoms with van der Waals surface area (Å²) in [7, 11) is 2.09. The number of thiophene rings is 1. The Morgan fingerprint density at radius 1 is 1.32 bits per heavy atom. The van der Waals surface area contributed by atoms with Crippen molar-refractivity contribution in [3.8, 4) is 0 Å². The Morgan fingerprint density at radius 3 is 2.53 bits per heavy atom. The number of likely N-dealkylation sites (N-methyl/N-ethyl adjacent to an activating group) is 1. The molecular weight excluding hydrogens is 318 g/mol. The lowest BCUT2D eigenvalue weighted by Crippen LogP contribution is -2.35. The van der Waals surface area contributed by atoms with Crippen LogP contribution in [0.15, 0.2) is 40.2 Å². The van der Waals surface area contributed by atoms with Crippen LogP contribution in [-0.2, 0) is 19.3 Å². The smallest absolute Gasteiger partial charge is 0.0285 e. The maximum absolute atomic E-state index is 3.54. The minimum absolute atomic E-state index is 0.568. The van der Waals surface area contributed by atoms with Crippen LogP contribution in [0.5, 0.6) is 0 Å². The van der Waals surface area contributed by atoms with Gasteiger partial charge in [0.2, 0.25) is 0 Å². The number of benzene rings is 1. The molecule has 1 aliphatic rings. The van der Waals surface area contributed by atoms with Crippen molar-refractivity contribution in [3.05, 3.63) is 56.2 Å². The van der Waals surface area contributed by atoms with Crippen molar-refractivity contribution in [2.45, 2.75) is 25.3 Å². The van der Waals surface area contributed by atoms with Gasteiger partial charge in [-0.3, -0.25) is 0 Å². The van der Waals surface area contributed by atoms with E-state index in [9.17, 15) is 0 Å². The summed E-state index contributed by atoms with van der Waals surface area (Å²) < 4.78 is 1.21. The summed E-state index contributed by atoms with van der Waals surface area (Å²) in [6.07, 6.45) is 3.56. The van der Waals surface area contributed by atoms with E-state index in [1.807, 2.05) is 11.3 Å². The number of rotatable bonds is 4. The van der Waals surface area contributed by atoms with Gasteiger partial charge in [-0.05, 0) is 65.4 Å². The van der Waals surface area contributed by atoms with E-state index in [4.69, 9.17) is 0 Å². The molecule has 0 aliphatic heterocycles. The summed E-state index contributed by atoms with van der Waals surface area (Å²) in [6, 6.07) is 11.7. The third-order valence-corrected chi connectivity index (χ3v) is 5.79. The van der Waals surface area contributed by atoms with Gasteiger partial charge in [0.25, 0.3) is 0 Å². The zero-order valence-electron chi connectivity index (χ0n) is 11.0. The Bertz CT molecular complexity index is 538. The molecule has 0 spiro atoms. The van der Waals surface area contributed by atoms with Gasteiger partial charge < -0.3 is 5.32 Å². The van der Waals surface area contributed by atoms with E-state index >= 15 is 0 Å². The van der Waals surface area contributed by atoms with Crippen LogP contribution in [-0.4, -0.2) is 13.1 Å². The van der Waals surface area contributed by atoms with Crippen LogP contribution >= 0.6 is 27.3 Å². The first kappa shape index (κ1) is 13.3. The van der Waals surface area contributed by atoms with Crippen LogP contribution in [0.4, 0.5) is 0 Å². The Kier molecular flexibility index (Phi) is 4.06. The Labute approximate surface area is 127 Å². The van der Waals surface area contributed by atoms with Crippen LogP contribution in [0.25, 0.3) is 0 Å². The quantitative estimate of drug-likeness (QED) is 0.888. The first-order chi connectivity index (χ1) is 9.26. The topological polar surface area (TPSA) is 12.0 Å². The van der Waals surface area contributed by atoms with Gasteiger partial charge in [0, 0.05) is 20.8 Å². The third-order valence-electron chi connectivity index (χ3n) is 4.07. The van der Waals surface area contributed by atoms with Crippen LogP contribution in [0, 0.1) is 5.92 Å². The minimum atomic E-state index is 0.568. The summed E-state index contributed by atoms with van der Waals surface area (Å²) in [4.78, 5) is 1.46. The molecule has 1 atom stereocenters. The standard InChI is InChI=1S/C16H18BrNS/c1-18-16(9-15-8-14(17)10-19-15)13-6-11-4-2-3-5-12(11)7-13/h2-5,8,10,13,16,18H,6-7,9H2,1H3. The summed E-state index contributed by atoms with van der Waals surface area (Å²) in [6.45, 7) is 0. The molecule has 1 aliphatic carbocycles. The lowest BCUT2D eigenvalue weighted by Gasteiger charge is -2.22. The van der Waals surface area contributed by atoms with Gasteiger partial charge in [0.15, 0.2) is 0 Å². The molecule has 0 amide bonds. The van der Waals surface area contributed by atoms with Crippen molar-refractivity contribution >= 4 is 27.3 Å². The highest BCUT2D eigenvalue weighted by molar-refractivity contribution is 9.10. The maximum Gasteiger partial charge on any atom is 0.0285 e.